The number of rotatable bonds is 0. The SMILES string of the molecule is Cc1ccc2sc3ccncc3c2[n+]1C. The van der Waals surface area contributed by atoms with E-state index < -0.39 is 0 Å². The van der Waals surface area contributed by atoms with Crippen molar-refractivity contribution in [2.24, 2.45) is 7.05 Å². The molecule has 0 bridgehead atoms. The van der Waals surface area contributed by atoms with Crippen LogP contribution in [0.4, 0.5) is 0 Å². The molecule has 0 unspecified atom stereocenters. The van der Waals surface area contributed by atoms with Crippen LogP contribution in [-0.2, 0) is 7.05 Å². The Kier molecular flexibility index (Phi) is 1.76. The molecule has 0 atom stereocenters. The molecule has 2 nitrogen and oxygen atoms in total. The maximum absolute atomic E-state index is 4.20. The molecule has 0 spiro atoms. The third kappa shape index (κ3) is 1.16. The summed E-state index contributed by atoms with van der Waals surface area (Å²) >= 11 is 1.82. The molecule has 0 saturated carbocycles. The van der Waals surface area contributed by atoms with Crippen molar-refractivity contribution in [1.29, 1.82) is 0 Å². The molecule has 0 aliphatic rings. The first-order valence-corrected chi connectivity index (χ1v) is 5.71. The van der Waals surface area contributed by atoms with Crippen molar-refractivity contribution in [3.05, 3.63) is 36.3 Å². The fourth-order valence-corrected chi connectivity index (χ4v) is 3.00. The summed E-state index contributed by atoms with van der Waals surface area (Å²) in [6.45, 7) is 2.12. The quantitative estimate of drug-likeness (QED) is 0.527. The first-order valence-electron chi connectivity index (χ1n) is 4.89. The van der Waals surface area contributed by atoms with E-state index >= 15 is 0 Å². The number of hydrogen-bond acceptors (Lipinski definition) is 2. The summed E-state index contributed by atoms with van der Waals surface area (Å²) in [5.41, 5.74) is 2.56. The fraction of sp³-hybridized carbons (Fsp3) is 0.167. The summed E-state index contributed by atoms with van der Waals surface area (Å²) in [6.07, 6.45) is 3.80. The number of hydrogen-bond donors (Lipinski definition) is 0. The summed E-state index contributed by atoms with van der Waals surface area (Å²) in [7, 11) is 2.11. The van der Waals surface area contributed by atoms with E-state index in [1.165, 1.54) is 26.0 Å². The zero-order chi connectivity index (χ0) is 10.4. The number of pyridine rings is 2. The Balaban J connectivity index is 2.63. The van der Waals surface area contributed by atoms with E-state index in [0.717, 1.165) is 0 Å². The lowest BCUT2D eigenvalue weighted by Crippen LogP contribution is -2.32. The molecule has 0 aliphatic heterocycles. The molecule has 3 rings (SSSR count). The van der Waals surface area contributed by atoms with Gasteiger partial charge in [0.15, 0.2) is 5.69 Å². The van der Waals surface area contributed by atoms with Gasteiger partial charge >= 0.3 is 0 Å². The molecule has 0 saturated heterocycles. The first-order chi connectivity index (χ1) is 7.27. The zero-order valence-corrected chi connectivity index (χ0v) is 9.51. The van der Waals surface area contributed by atoms with Gasteiger partial charge in [-0.2, -0.15) is 4.57 Å². The van der Waals surface area contributed by atoms with Crippen molar-refractivity contribution in [3.63, 3.8) is 0 Å². The second-order valence-electron chi connectivity index (χ2n) is 3.72. The summed E-state index contributed by atoms with van der Waals surface area (Å²) < 4.78 is 4.86. The van der Waals surface area contributed by atoms with Crippen LogP contribution in [0.2, 0.25) is 0 Å². The van der Waals surface area contributed by atoms with Gasteiger partial charge in [0.2, 0.25) is 5.52 Å². The maximum atomic E-state index is 4.20. The van der Waals surface area contributed by atoms with E-state index in [1.807, 2.05) is 23.7 Å². The molecule has 3 heterocycles. The lowest BCUT2D eigenvalue weighted by atomic mass is 10.2. The average Bonchev–Trinajstić information content (AvgIpc) is 2.62. The van der Waals surface area contributed by atoms with Gasteiger partial charge in [0.05, 0.1) is 5.39 Å². The normalized spacial score (nSPS) is 11.3. The number of aryl methyl sites for hydroxylation is 2. The second-order valence-corrected chi connectivity index (χ2v) is 4.80. The highest BCUT2D eigenvalue weighted by atomic mass is 32.1. The molecule has 15 heavy (non-hydrogen) atoms. The van der Waals surface area contributed by atoms with E-state index in [9.17, 15) is 0 Å². The molecule has 0 aliphatic carbocycles. The van der Waals surface area contributed by atoms with Crippen molar-refractivity contribution >= 4 is 31.6 Å². The summed E-state index contributed by atoms with van der Waals surface area (Å²) in [4.78, 5) is 4.20. The van der Waals surface area contributed by atoms with Crippen molar-refractivity contribution in [2.45, 2.75) is 6.92 Å². The molecule has 0 radical (unpaired) electrons. The predicted molar refractivity (Wildman–Crippen MR) is 63.0 cm³/mol. The standard InChI is InChI=1S/C12H11N2S/c1-8-3-4-11-12(14(8)2)9-7-13-6-5-10(9)15-11/h3-7H,1-2H3/q+1. The molecule has 3 heteroatoms. The minimum atomic E-state index is 1.25. The van der Waals surface area contributed by atoms with E-state index in [-0.39, 0.29) is 0 Å². The number of aromatic nitrogens is 2. The molecule has 0 N–H and O–H groups in total. The molecule has 74 valence electrons. The van der Waals surface area contributed by atoms with Crippen molar-refractivity contribution in [3.8, 4) is 0 Å². The van der Waals surface area contributed by atoms with Crippen LogP contribution in [0.1, 0.15) is 5.69 Å². The van der Waals surface area contributed by atoms with Crippen molar-refractivity contribution in [2.75, 3.05) is 0 Å². The van der Waals surface area contributed by atoms with Crippen molar-refractivity contribution in [1.82, 2.24) is 4.98 Å². The van der Waals surface area contributed by atoms with Crippen LogP contribution in [0.25, 0.3) is 20.3 Å². The van der Waals surface area contributed by atoms with Gasteiger partial charge in [-0.1, -0.05) is 0 Å². The summed E-state index contributed by atoms with van der Waals surface area (Å²) in [6, 6.07) is 6.43. The van der Waals surface area contributed by atoms with Crippen LogP contribution in [0.15, 0.2) is 30.6 Å². The monoisotopic (exact) mass is 215 g/mol. The molecular weight excluding hydrogens is 204 g/mol. The minimum absolute atomic E-state index is 1.25. The van der Waals surface area contributed by atoms with Gasteiger partial charge in [0, 0.05) is 30.1 Å². The zero-order valence-electron chi connectivity index (χ0n) is 8.69. The minimum Gasteiger partial charge on any atom is -0.264 e. The van der Waals surface area contributed by atoms with Gasteiger partial charge in [-0.05, 0) is 12.1 Å². The number of thiophene rings is 1. The summed E-state index contributed by atoms with van der Waals surface area (Å²) in [5.74, 6) is 0. The summed E-state index contributed by atoms with van der Waals surface area (Å²) in [5, 5.41) is 1.25. The van der Waals surface area contributed by atoms with E-state index in [2.05, 4.69) is 41.7 Å². The van der Waals surface area contributed by atoms with Gasteiger partial charge in [0.1, 0.15) is 11.7 Å². The highest BCUT2D eigenvalue weighted by molar-refractivity contribution is 7.25. The molecule has 0 fully saturated rings. The topological polar surface area (TPSA) is 16.8 Å². The third-order valence-electron chi connectivity index (χ3n) is 2.83. The van der Waals surface area contributed by atoms with Crippen LogP contribution < -0.4 is 4.57 Å². The average molecular weight is 215 g/mol. The van der Waals surface area contributed by atoms with Gasteiger partial charge < -0.3 is 0 Å². The van der Waals surface area contributed by atoms with Crippen LogP contribution in [-0.4, -0.2) is 4.98 Å². The van der Waals surface area contributed by atoms with Crippen LogP contribution >= 0.6 is 11.3 Å². The Labute approximate surface area is 91.8 Å². The Morgan fingerprint density at radius 2 is 2.07 bits per heavy atom. The van der Waals surface area contributed by atoms with E-state index in [1.54, 1.807) is 0 Å². The molecule has 0 amide bonds. The Hall–Kier alpha value is -1.48. The largest absolute Gasteiger partial charge is 0.264 e. The second kappa shape index (κ2) is 3.00. The fourth-order valence-electron chi connectivity index (χ4n) is 1.89. The van der Waals surface area contributed by atoms with Crippen LogP contribution in [0.3, 0.4) is 0 Å². The Morgan fingerprint density at radius 3 is 2.93 bits per heavy atom. The van der Waals surface area contributed by atoms with Crippen LogP contribution in [0.5, 0.6) is 0 Å². The molecular formula is C12H11N2S+. The first kappa shape index (κ1) is 8.80. The van der Waals surface area contributed by atoms with Gasteiger partial charge in [0.25, 0.3) is 0 Å². The van der Waals surface area contributed by atoms with Gasteiger partial charge in [-0.25, -0.2) is 0 Å². The third-order valence-corrected chi connectivity index (χ3v) is 3.96. The Morgan fingerprint density at radius 1 is 1.20 bits per heavy atom. The van der Waals surface area contributed by atoms with E-state index in [0.29, 0.717) is 0 Å². The highest BCUT2D eigenvalue weighted by Crippen LogP contribution is 2.30. The smallest absolute Gasteiger partial charge is 0.232 e. The lowest BCUT2D eigenvalue weighted by molar-refractivity contribution is -0.650. The molecule has 0 aromatic carbocycles. The van der Waals surface area contributed by atoms with Crippen LogP contribution in [0, 0.1) is 6.92 Å². The molecule has 3 aromatic rings. The van der Waals surface area contributed by atoms with Gasteiger partial charge in [-0.15, -0.1) is 11.3 Å². The van der Waals surface area contributed by atoms with E-state index in [4.69, 9.17) is 0 Å². The highest BCUT2D eigenvalue weighted by Gasteiger charge is 2.14. The maximum Gasteiger partial charge on any atom is 0.232 e. The van der Waals surface area contributed by atoms with Crippen molar-refractivity contribution < 1.29 is 4.57 Å². The Bertz CT molecular complexity index is 655. The molecule has 3 aromatic heterocycles. The number of fused-ring (bicyclic) bond motifs is 3. The number of nitrogens with zero attached hydrogens (tertiary/aromatic N) is 2. The lowest BCUT2D eigenvalue weighted by Gasteiger charge is -1.94. The van der Waals surface area contributed by atoms with Gasteiger partial charge in [-0.3, -0.25) is 4.98 Å². The predicted octanol–water partition coefficient (Wildman–Crippen LogP) is 2.58.